The molecule has 2 atom stereocenters. The van der Waals surface area contributed by atoms with Gasteiger partial charge in [-0.2, -0.15) is 0 Å². The number of nitrogen functional groups attached to an aromatic ring is 1. The molecule has 53 heavy (non-hydrogen) atoms. The fourth-order valence-corrected chi connectivity index (χ4v) is 6.61. The molecule has 0 saturated heterocycles. The average Bonchev–Trinajstić information content (AvgIpc) is 3.11. The van der Waals surface area contributed by atoms with Crippen LogP contribution in [0.5, 0.6) is 0 Å². The summed E-state index contributed by atoms with van der Waals surface area (Å²) in [6.45, 7) is 0.577. The number of aliphatic carboxylic acids is 2. The zero-order valence-corrected chi connectivity index (χ0v) is 30.2. The van der Waals surface area contributed by atoms with Gasteiger partial charge in [0.25, 0.3) is 11.5 Å². The lowest BCUT2D eigenvalue weighted by molar-refractivity contribution is -0.144. The van der Waals surface area contributed by atoms with Crippen molar-refractivity contribution in [2.75, 3.05) is 42.3 Å². The lowest BCUT2D eigenvalue weighted by Crippen LogP contribution is -2.46. The van der Waals surface area contributed by atoms with Gasteiger partial charge in [0, 0.05) is 49.2 Å². The number of hydrogen-bond acceptors (Lipinski definition) is 13. The number of aromatic amines is 1. The number of anilines is 2. The fraction of sp³-hybridized carbons (Fsp3) is 0.353. The molecular weight excluding hydrogens is 731 g/mol. The maximum Gasteiger partial charge on any atom is 0.326 e. The van der Waals surface area contributed by atoms with Crippen LogP contribution in [0.25, 0.3) is 10.9 Å². The van der Waals surface area contributed by atoms with Crippen LogP contribution in [0.4, 0.5) is 11.6 Å². The first-order chi connectivity index (χ1) is 25.3. The highest BCUT2D eigenvalue weighted by Gasteiger charge is 2.24. The number of carbonyl (C=O) groups is 6. The number of aromatic nitrogens is 2. The SMILES string of the molecule is C#CCN(Cc1ccc2nc(N)[nH]c(=O)c2c1)c1ccc(C(=O)N[C@@H](CCC(=O)OCCSSCCC(=O)N[C@@H](CC(=O)O)C(=O)NC)C(=O)O)cc1. The van der Waals surface area contributed by atoms with Gasteiger partial charge in [-0.15, -0.1) is 6.42 Å². The van der Waals surface area contributed by atoms with Crippen molar-refractivity contribution < 1.29 is 43.7 Å². The number of esters is 1. The van der Waals surface area contributed by atoms with Crippen LogP contribution in [0, 0.1) is 12.3 Å². The lowest BCUT2D eigenvalue weighted by Gasteiger charge is -2.23. The highest BCUT2D eigenvalue weighted by molar-refractivity contribution is 8.76. The summed E-state index contributed by atoms with van der Waals surface area (Å²) in [7, 11) is 3.97. The smallest absolute Gasteiger partial charge is 0.326 e. The lowest BCUT2D eigenvalue weighted by atomic mass is 10.1. The normalized spacial score (nSPS) is 11.8. The van der Waals surface area contributed by atoms with Crippen molar-refractivity contribution >= 4 is 79.8 Å². The Hall–Kier alpha value is -5.74. The summed E-state index contributed by atoms with van der Waals surface area (Å²) >= 11 is 0. The van der Waals surface area contributed by atoms with E-state index in [0.717, 1.165) is 5.56 Å². The summed E-state index contributed by atoms with van der Waals surface area (Å²) in [5.41, 5.74) is 7.34. The molecule has 0 fully saturated rings. The highest BCUT2D eigenvalue weighted by atomic mass is 33.1. The quantitative estimate of drug-likeness (QED) is 0.0347. The number of terminal acetylenes is 1. The molecule has 0 aliphatic heterocycles. The number of nitrogens with zero attached hydrogens (tertiary/aromatic N) is 2. The second-order valence-corrected chi connectivity index (χ2v) is 14.0. The molecule has 0 unspecified atom stereocenters. The number of rotatable bonds is 21. The standard InChI is InChI=1S/C34H39N7O10S2/c1-3-13-41(19-20-4-9-24-23(17-20)31(47)40-34(35)39-24)22-7-5-21(6-8-22)30(46)38-25(33(49)50)10-11-29(45)51-14-16-53-52-15-12-27(42)37-26(18-28(43)44)32(48)36-2/h1,4-9,17,25-26H,10-16,18-19H2,2H3,(H,36,48)(H,37,42)(H,38,46)(H,43,44)(H,49,50)(H3,35,39,40,47)/t25-,26-/m0/s1. The van der Waals surface area contributed by atoms with E-state index in [1.54, 1.807) is 30.3 Å². The number of nitrogens with two attached hydrogens (primary N) is 1. The van der Waals surface area contributed by atoms with E-state index in [9.17, 15) is 38.7 Å². The number of likely N-dealkylation sites (N-methyl/N-ethyl adjacent to an activating group) is 1. The molecule has 3 rings (SSSR count). The molecule has 1 heterocycles. The predicted octanol–water partition coefficient (Wildman–Crippen LogP) is 1.13. The monoisotopic (exact) mass is 769 g/mol. The summed E-state index contributed by atoms with van der Waals surface area (Å²) in [5, 5.41) is 26.0. The van der Waals surface area contributed by atoms with Crippen molar-refractivity contribution in [2.24, 2.45) is 0 Å². The van der Waals surface area contributed by atoms with Crippen molar-refractivity contribution in [2.45, 2.75) is 44.3 Å². The number of carboxylic acid groups (broad SMARTS) is 2. The van der Waals surface area contributed by atoms with Crippen LogP contribution >= 0.6 is 21.6 Å². The highest BCUT2D eigenvalue weighted by Crippen LogP contribution is 2.22. The molecule has 0 aliphatic carbocycles. The van der Waals surface area contributed by atoms with Gasteiger partial charge in [0.1, 0.15) is 18.7 Å². The van der Waals surface area contributed by atoms with Gasteiger partial charge in [-0.05, 0) is 48.4 Å². The Morgan fingerprint density at radius 2 is 1.74 bits per heavy atom. The number of hydrogen-bond donors (Lipinski definition) is 7. The van der Waals surface area contributed by atoms with Gasteiger partial charge in [-0.25, -0.2) is 9.78 Å². The first-order valence-electron chi connectivity index (χ1n) is 16.0. The molecule has 0 saturated carbocycles. The summed E-state index contributed by atoms with van der Waals surface area (Å²) in [4.78, 5) is 92.4. The van der Waals surface area contributed by atoms with Crippen molar-refractivity contribution in [3.8, 4) is 12.3 Å². The largest absolute Gasteiger partial charge is 0.481 e. The van der Waals surface area contributed by atoms with E-state index in [0.29, 0.717) is 34.6 Å². The summed E-state index contributed by atoms with van der Waals surface area (Å²) in [6, 6.07) is 8.99. The molecule has 0 bridgehead atoms. The van der Waals surface area contributed by atoms with Crippen LogP contribution in [0.2, 0.25) is 0 Å². The Morgan fingerprint density at radius 1 is 1.02 bits per heavy atom. The predicted molar refractivity (Wildman–Crippen MR) is 200 cm³/mol. The van der Waals surface area contributed by atoms with Crippen LogP contribution in [0.15, 0.2) is 47.3 Å². The van der Waals surface area contributed by atoms with Gasteiger partial charge in [-0.3, -0.25) is 33.8 Å². The van der Waals surface area contributed by atoms with Gasteiger partial charge in [0.05, 0.1) is 23.9 Å². The van der Waals surface area contributed by atoms with Crippen LogP contribution in [0.3, 0.4) is 0 Å². The van der Waals surface area contributed by atoms with E-state index in [-0.39, 0.29) is 49.5 Å². The zero-order chi connectivity index (χ0) is 38.9. The van der Waals surface area contributed by atoms with Crippen LogP contribution in [0.1, 0.15) is 41.6 Å². The Kier molecular flexibility index (Phi) is 16.5. The first kappa shape index (κ1) is 41.7. The summed E-state index contributed by atoms with van der Waals surface area (Å²) in [5.74, 6) is -1.62. The van der Waals surface area contributed by atoms with E-state index in [2.05, 4.69) is 31.8 Å². The molecule has 0 spiro atoms. The molecule has 3 amide bonds. The second kappa shape index (κ2) is 20.9. The minimum atomic E-state index is -1.36. The van der Waals surface area contributed by atoms with Crippen molar-refractivity contribution in [1.29, 1.82) is 0 Å². The zero-order valence-electron chi connectivity index (χ0n) is 28.6. The van der Waals surface area contributed by atoms with Crippen molar-refractivity contribution in [1.82, 2.24) is 25.9 Å². The van der Waals surface area contributed by atoms with E-state index in [4.69, 9.17) is 22.0 Å². The number of ether oxygens (including phenoxy) is 1. The number of benzene rings is 2. The molecule has 0 aliphatic rings. The number of carboxylic acids is 2. The topological polar surface area (TPSA) is 263 Å². The Balaban J connectivity index is 1.42. The molecule has 1 aromatic heterocycles. The van der Waals surface area contributed by atoms with E-state index < -0.39 is 54.1 Å². The number of amides is 3. The third-order valence-electron chi connectivity index (χ3n) is 7.38. The fourth-order valence-electron chi connectivity index (χ4n) is 4.79. The van der Waals surface area contributed by atoms with Crippen LogP contribution in [-0.2, 0) is 35.3 Å². The summed E-state index contributed by atoms with van der Waals surface area (Å²) < 4.78 is 5.15. The number of nitrogens with one attached hydrogen (secondary N) is 4. The minimum Gasteiger partial charge on any atom is -0.481 e. The van der Waals surface area contributed by atoms with Crippen molar-refractivity contribution in [3.05, 3.63) is 63.9 Å². The van der Waals surface area contributed by atoms with E-state index in [1.807, 2.05) is 4.90 Å². The maximum absolute atomic E-state index is 12.9. The molecule has 8 N–H and O–H groups in total. The van der Waals surface area contributed by atoms with Gasteiger partial charge in [-0.1, -0.05) is 33.6 Å². The number of fused-ring (bicyclic) bond motifs is 1. The van der Waals surface area contributed by atoms with Gasteiger partial charge in [0.2, 0.25) is 17.8 Å². The molecule has 282 valence electrons. The molecular formula is C34H39N7O10S2. The number of H-pyrrole nitrogens is 1. The molecule has 0 radical (unpaired) electrons. The van der Waals surface area contributed by atoms with Crippen LogP contribution < -0.4 is 32.1 Å². The number of carbonyl (C=O) groups excluding carboxylic acids is 4. The molecule has 3 aromatic rings. The molecule has 19 heteroatoms. The maximum atomic E-state index is 12.9. The van der Waals surface area contributed by atoms with Crippen molar-refractivity contribution in [3.63, 3.8) is 0 Å². The van der Waals surface area contributed by atoms with E-state index >= 15 is 0 Å². The second-order valence-electron chi connectivity index (χ2n) is 11.3. The third kappa shape index (κ3) is 13.7. The third-order valence-corrected chi connectivity index (χ3v) is 9.75. The Labute approximate surface area is 311 Å². The van der Waals surface area contributed by atoms with Gasteiger partial charge in [0.15, 0.2) is 0 Å². The summed E-state index contributed by atoms with van der Waals surface area (Å²) in [6.07, 6.45) is 4.62. The molecule has 2 aromatic carbocycles. The Bertz CT molecular complexity index is 1900. The van der Waals surface area contributed by atoms with Crippen LogP contribution in [-0.4, -0.2) is 99.6 Å². The van der Waals surface area contributed by atoms with Gasteiger partial charge < -0.3 is 41.5 Å². The Morgan fingerprint density at radius 3 is 2.40 bits per heavy atom. The van der Waals surface area contributed by atoms with Gasteiger partial charge >= 0.3 is 17.9 Å². The first-order valence-corrected chi connectivity index (χ1v) is 18.5. The molecule has 17 nitrogen and oxygen atoms in total. The van der Waals surface area contributed by atoms with E-state index in [1.165, 1.54) is 40.8 Å². The minimum absolute atomic E-state index is 0.0148. The average molecular weight is 770 g/mol.